The summed E-state index contributed by atoms with van der Waals surface area (Å²) in [6.07, 6.45) is 4.10. The molecule has 1 heterocycles. The molecule has 0 bridgehead atoms. The van der Waals surface area contributed by atoms with Crippen molar-refractivity contribution in [1.29, 1.82) is 0 Å². The summed E-state index contributed by atoms with van der Waals surface area (Å²) < 4.78 is 15.4. The Morgan fingerprint density at radius 2 is 2.30 bits per heavy atom. The van der Waals surface area contributed by atoms with Gasteiger partial charge in [0.05, 0.1) is 5.69 Å². The highest BCUT2D eigenvalue weighted by Crippen LogP contribution is 2.19. The molecule has 1 aromatic heterocycles. The number of amides is 1. The maximum absolute atomic E-state index is 13.6. The molecule has 5 nitrogen and oxygen atoms in total. The van der Waals surface area contributed by atoms with Gasteiger partial charge in [0, 0.05) is 24.5 Å². The fourth-order valence-corrected chi connectivity index (χ4v) is 1.97. The Kier molecular flexibility index (Phi) is 4.02. The number of carbonyl (C=O) groups is 1. The van der Waals surface area contributed by atoms with Gasteiger partial charge in [0.15, 0.2) is 0 Å². The first-order chi connectivity index (χ1) is 9.52. The number of imidazole rings is 1. The van der Waals surface area contributed by atoms with Crippen molar-refractivity contribution >= 4 is 17.3 Å². The highest BCUT2D eigenvalue weighted by atomic mass is 19.1. The van der Waals surface area contributed by atoms with Crippen LogP contribution in [-0.2, 0) is 11.2 Å². The molecule has 106 valence electrons. The molecule has 1 atom stereocenters. The Morgan fingerprint density at radius 1 is 1.55 bits per heavy atom. The number of rotatable bonds is 4. The largest absolute Gasteiger partial charge is 0.399 e. The summed E-state index contributed by atoms with van der Waals surface area (Å²) in [5.41, 5.74) is 6.06. The van der Waals surface area contributed by atoms with Crippen LogP contribution in [0.25, 0.3) is 0 Å². The maximum atomic E-state index is 13.6. The van der Waals surface area contributed by atoms with Gasteiger partial charge < -0.3 is 15.6 Å². The molecular formula is C14H17FN4O. The Labute approximate surface area is 116 Å². The summed E-state index contributed by atoms with van der Waals surface area (Å²) in [6, 6.07) is 3.59. The lowest BCUT2D eigenvalue weighted by molar-refractivity contribution is -0.118. The fourth-order valence-electron chi connectivity index (χ4n) is 1.97. The van der Waals surface area contributed by atoms with Crippen LogP contribution < -0.4 is 11.1 Å². The van der Waals surface area contributed by atoms with Crippen LogP contribution in [0.4, 0.5) is 15.8 Å². The van der Waals surface area contributed by atoms with Crippen molar-refractivity contribution in [3.8, 4) is 0 Å². The second-order valence-electron chi connectivity index (χ2n) is 4.51. The number of aromatic nitrogens is 2. The van der Waals surface area contributed by atoms with Gasteiger partial charge in [0.25, 0.3) is 0 Å². The third-order valence-electron chi connectivity index (χ3n) is 3.11. The number of halogens is 1. The number of nitrogens with two attached hydrogens (primary N) is 1. The molecule has 0 spiro atoms. The van der Waals surface area contributed by atoms with Gasteiger partial charge in [-0.3, -0.25) is 4.79 Å². The number of benzene rings is 1. The molecule has 20 heavy (non-hydrogen) atoms. The zero-order chi connectivity index (χ0) is 14.7. The average molecular weight is 276 g/mol. The highest BCUT2D eigenvalue weighted by Gasteiger charge is 2.18. The predicted octanol–water partition coefficient (Wildman–Crippen LogP) is 2.37. The van der Waals surface area contributed by atoms with Gasteiger partial charge in [-0.2, -0.15) is 0 Å². The smallest absolute Gasteiger partial charge is 0.247 e. The minimum Gasteiger partial charge on any atom is -0.399 e. The van der Waals surface area contributed by atoms with E-state index in [2.05, 4.69) is 10.3 Å². The molecule has 3 N–H and O–H groups in total. The lowest BCUT2D eigenvalue weighted by Gasteiger charge is -2.16. The van der Waals surface area contributed by atoms with E-state index >= 15 is 0 Å². The van der Waals surface area contributed by atoms with Crippen molar-refractivity contribution in [1.82, 2.24) is 9.55 Å². The van der Waals surface area contributed by atoms with Crippen LogP contribution in [-0.4, -0.2) is 15.5 Å². The van der Waals surface area contributed by atoms with Gasteiger partial charge in [-0.15, -0.1) is 0 Å². The minimum absolute atomic E-state index is 0.0833. The normalized spacial score (nSPS) is 12.2. The molecule has 0 aliphatic carbocycles. The molecule has 1 unspecified atom stereocenters. The molecule has 0 radical (unpaired) electrons. The van der Waals surface area contributed by atoms with Crippen LogP contribution in [0.15, 0.2) is 30.6 Å². The van der Waals surface area contributed by atoms with E-state index in [1.54, 1.807) is 23.9 Å². The molecule has 2 aromatic rings. The Balaban J connectivity index is 2.18. The van der Waals surface area contributed by atoms with E-state index in [0.717, 1.165) is 12.2 Å². The number of nitrogen functional groups attached to an aromatic ring is 1. The van der Waals surface area contributed by atoms with Gasteiger partial charge in [-0.1, -0.05) is 6.92 Å². The molecule has 2 rings (SSSR count). The Hall–Kier alpha value is -2.37. The summed E-state index contributed by atoms with van der Waals surface area (Å²) in [5.74, 6) is -0.0241. The maximum Gasteiger partial charge on any atom is 0.247 e. The number of nitrogens with zero attached hydrogens (tertiary/aromatic N) is 2. The standard InChI is InChI=1S/C14H17FN4O/c1-3-13-17-6-7-19(13)9(2)14(20)18-12-8-10(16)4-5-11(12)15/h4-9H,3,16H2,1-2H3,(H,18,20). The first-order valence-corrected chi connectivity index (χ1v) is 6.40. The van der Waals surface area contributed by atoms with Crippen molar-refractivity contribution in [3.63, 3.8) is 0 Å². The van der Waals surface area contributed by atoms with Crippen LogP contribution in [0, 0.1) is 5.82 Å². The number of hydrogen-bond donors (Lipinski definition) is 2. The summed E-state index contributed by atoms with van der Waals surface area (Å²) in [5, 5.41) is 2.55. The number of nitrogens with one attached hydrogen (secondary N) is 1. The topological polar surface area (TPSA) is 72.9 Å². The third kappa shape index (κ3) is 2.79. The predicted molar refractivity (Wildman–Crippen MR) is 75.8 cm³/mol. The molecule has 1 amide bonds. The Morgan fingerprint density at radius 3 is 3.00 bits per heavy atom. The van der Waals surface area contributed by atoms with E-state index in [-0.39, 0.29) is 11.6 Å². The van der Waals surface area contributed by atoms with E-state index in [1.807, 2.05) is 6.92 Å². The number of aryl methyl sites for hydroxylation is 1. The van der Waals surface area contributed by atoms with Crippen molar-refractivity contribution in [3.05, 3.63) is 42.2 Å². The molecule has 1 aromatic carbocycles. The number of carbonyl (C=O) groups excluding carboxylic acids is 1. The summed E-state index contributed by atoms with van der Waals surface area (Å²) in [6.45, 7) is 3.70. The van der Waals surface area contributed by atoms with Crippen molar-refractivity contribution in [2.45, 2.75) is 26.3 Å². The van der Waals surface area contributed by atoms with E-state index in [9.17, 15) is 9.18 Å². The second-order valence-corrected chi connectivity index (χ2v) is 4.51. The second kappa shape index (κ2) is 5.73. The summed E-state index contributed by atoms with van der Waals surface area (Å²) in [4.78, 5) is 16.3. The molecule has 0 fully saturated rings. The van der Waals surface area contributed by atoms with Crippen LogP contribution in [0.1, 0.15) is 25.7 Å². The minimum atomic E-state index is -0.513. The monoisotopic (exact) mass is 276 g/mol. The zero-order valence-electron chi connectivity index (χ0n) is 11.4. The van der Waals surface area contributed by atoms with E-state index in [1.165, 1.54) is 18.2 Å². The van der Waals surface area contributed by atoms with Gasteiger partial charge >= 0.3 is 0 Å². The molecule has 0 aliphatic heterocycles. The average Bonchev–Trinajstić information content (AvgIpc) is 2.90. The molecule has 0 saturated heterocycles. The fraction of sp³-hybridized carbons (Fsp3) is 0.286. The van der Waals surface area contributed by atoms with Crippen LogP contribution in [0.2, 0.25) is 0 Å². The first-order valence-electron chi connectivity index (χ1n) is 6.40. The summed E-state index contributed by atoms with van der Waals surface area (Å²) in [7, 11) is 0. The van der Waals surface area contributed by atoms with Crippen molar-refractivity contribution in [2.24, 2.45) is 0 Å². The van der Waals surface area contributed by atoms with Crippen molar-refractivity contribution < 1.29 is 9.18 Å². The van der Waals surface area contributed by atoms with Crippen LogP contribution in [0.3, 0.4) is 0 Å². The van der Waals surface area contributed by atoms with Crippen molar-refractivity contribution in [2.75, 3.05) is 11.1 Å². The molecular weight excluding hydrogens is 259 g/mol. The highest BCUT2D eigenvalue weighted by molar-refractivity contribution is 5.94. The van der Waals surface area contributed by atoms with Gasteiger partial charge in [0.1, 0.15) is 17.7 Å². The third-order valence-corrected chi connectivity index (χ3v) is 3.11. The lowest BCUT2D eigenvalue weighted by atomic mass is 10.2. The zero-order valence-corrected chi connectivity index (χ0v) is 11.4. The lowest BCUT2D eigenvalue weighted by Crippen LogP contribution is -2.25. The van der Waals surface area contributed by atoms with Gasteiger partial charge in [-0.25, -0.2) is 9.37 Å². The SMILES string of the molecule is CCc1nccn1C(C)C(=O)Nc1cc(N)ccc1F. The summed E-state index contributed by atoms with van der Waals surface area (Å²) >= 11 is 0. The van der Waals surface area contributed by atoms with E-state index < -0.39 is 11.9 Å². The van der Waals surface area contributed by atoms with E-state index in [0.29, 0.717) is 5.69 Å². The van der Waals surface area contributed by atoms with Crippen LogP contribution >= 0.6 is 0 Å². The van der Waals surface area contributed by atoms with Gasteiger partial charge in [0.2, 0.25) is 5.91 Å². The van der Waals surface area contributed by atoms with Gasteiger partial charge in [-0.05, 0) is 25.1 Å². The first kappa shape index (κ1) is 14.0. The quantitative estimate of drug-likeness (QED) is 0.842. The van der Waals surface area contributed by atoms with Crippen LogP contribution in [0.5, 0.6) is 0 Å². The molecule has 0 saturated carbocycles. The van der Waals surface area contributed by atoms with E-state index in [4.69, 9.17) is 5.73 Å². The Bertz CT molecular complexity index is 623. The number of anilines is 2. The molecule has 6 heteroatoms. The number of hydrogen-bond acceptors (Lipinski definition) is 3. The molecule has 0 aliphatic rings.